The molecule has 1 aromatic carbocycles. The molecule has 9 heteroatoms. The van der Waals surface area contributed by atoms with E-state index in [-0.39, 0.29) is 17.1 Å². The molecule has 3 rings (SSSR count). The number of thioether (sulfide) groups is 1. The van der Waals surface area contributed by atoms with Crippen LogP contribution in [0, 0.1) is 6.92 Å². The van der Waals surface area contributed by atoms with Crippen molar-refractivity contribution in [3.8, 4) is 11.4 Å². The maximum absolute atomic E-state index is 12.5. The van der Waals surface area contributed by atoms with Gasteiger partial charge in [-0.1, -0.05) is 11.8 Å². The van der Waals surface area contributed by atoms with E-state index in [9.17, 15) is 9.59 Å². The van der Waals surface area contributed by atoms with Gasteiger partial charge in [0, 0.05) is 25.3 Å². The largest absolute Gasteiger partial charge is 0.469 e. The van der Waals surface area contributed by atoms with E-state index in [1.807, 2.05) is 31.5 Å². The lowest BCUT2D eigenvalue weighted by atomic mass is 10.2. The van der Waals surface area contributed by atoms with E-state index in [0.29, 0.717) is 22.4 Å². The number of hydrogen-bond donors (Lipinski definition) is 2. The Hall–Kier alpha value is -3.07. The first-order valence-electron chi connectivity index (χ1n) is 8.64. The lowest BCUT2D eigenvalue weighted by Crippen LogP contribution is -2.22. The van der Waals surface area contributed by atoms with Crippen molar-refractivity contribution in [1.29, 1.82) is 0 Å². The summed E-state index contributed by atoms with van der Waals surface area (Å²) in [5.74, 6) is 1.16. The van der Waals surface area contributed by atoms with Crippen molar-refractivity contribution in [3.05, 3.63) is 42.4 Å². The molecule has 3 aromatic rings. The second kappa shape index (κ2) is 8.30. The van der Waals surface area contributed by atoms with Crippen LogP contribution in [0.15, 0.2) is 46.2 Å². The summed E-state index contributed by atoms with van der Waals surface area (Å²) in [6.45, 7) is 5.12. The number of aryl methyl sites for hydroxylation is 1. The number of benzene rings is 1. The van der Waals surface area contributed by atoms with E-state index >= 15 is 0 Å². The number of rotatable bonds is 6. The first-order chi connectivity index (χ1) is 13.3. The van der Waals surface area contributed by atoms with Gasteiger partial charge in [0.25, 0.3) is 0 Å². The Morgan fingerprint density at radius 2 is 1.75 bits per heavy atom. The molecule has 0 bridgehead atoms. The summed E-state index contributed by atoms with van der Waals surface area (Å²) in [4.78, 5) is 23.6. The van der Waals surface area contributed by atoms with E-state index < -0.39 is 0 Å². The predicted octanol–water partition coefficient (Wildman–Crippen LogP) is 3.46. The summed E-state index contributed by atoms with van der Waals surface area (Å²) >= 11 is 1.32. The SMILES string of the molecule is CC(=O)Nc1ccc(NC(=O)[C@H](C)Sc2nnc(-c3ccoc3C)n2C)cc1. The van der Waals surface area contributed by atoms with Crippen molar-refractivity contribution in [2.75, 3.05) is 10.6 Å². The highest BCUT2D eigenvalue weighted by atomic mass is 32.2. The summed E-state index contributed by atoms with van der Waals surface area (Å²) in [5, 5.41) is 14.2. The van der Waals surface area contributed by atoms with E-state index in [1.165, 1.54) is 18.7 Å². The molecule has 0 aliphatic carbocycles. The van der Waals surface area contributed by atoms with Gasteiger partial charge in [-0.3, -0.25) is 9.59 Å². The van der Waals surface area contributed by atoms with Crippen LogP contribution < -0.4 is 10.6 Å². The van der Waals surface area contributed by atoms with Gasteiger partial charge in [0.05, 0.1) is 17.1 Å². The number of anilines is 2. The molecule has 2 amide bonds. The molecule has 0 radical (unpaired) electrons. The molecule has 0 aliphatic heterocycles. The van der Waals surface area contributed by atoms with Crippen molar-refractivity contribution in [3.63, 3.8) is 0 Å². The number of amides is 2. The van der Waals surface area contributed by atoms with E-state index in [4.69, 9.17) is 4.42 Å². The number of carbonyl (C=O) groups excluding carboxylic acids is 2. The Kier molecular flexibility index (Phi) is 5.84. The van der Waals surface area contributed by atoms with Gasteiger partial charge in [0.15, 0.2) is 11.0 Å². The minimum absolute atomic E-state index is 0.143. The first-order valence-corrected chi connectivity index (χ1v) is 9.52. The van der Waals surface area contributed by atoms with Crippen LogP contribution in [0.5, 0.6) is 0 Å². The Balaban J connectivity index is 1.64. The van der Waals surface area contributed by atoms with Gasteiger partial charge in [-0.05, 0) is 44.2 Å². The molecule has 8 nitrogen and oxygen atoms in total. The zero-order chi connectivity index (χ0) is 20.3. The third kappa shape index (κ3) is 4.42. The van der Waals surface area contributed by atoms with Crippen LogP contribution in [0.1, 0.15) is 19.6 Å². The molecule has 0 saturated carbocycles. The van der Waals surface area contributed by atoms with Crippen molar-refractivity contribution in [2.45, 2.75) is 31.2 Å². The van der Waals surface area contributed by atoms with Gasteiger partial charge in [-0.15, -0.1) is 10.2 Å². The maximum atomic E-state index is 12.5. The quantitative estimate of drug-likeness (QED) is 0.616. The minimum Gasteiger partial charge on any atom is -0.469 e. The fourth-order valence-corrected chi connectivity index (χ4v) is 3.38. The molecule has 28 heavy (non-hydrogen) atoms. The molecule has 0 saturated heterocycles. The molecule has 0 spiro atoms. The van der Waals surface area contributed by atoms with E-state index in [1.54, 1.807) is 30.5 Å². The Morgan fingerprint density at radius 1 is 1.11 bits per heavy atom. The summed E-state index contributed by atoms with van der Waals surface area (Å²) in [7, 11) is 1.86. The average molecular weight is 399 g/mol. The highest BCUT2D eigenvalue weighted by molar-refractivity contribution is 8.00. The van der Waals surface area contributed by atoms with Crippen LogP contribution in [0.3, 0.4) is 0 Å². The molecule has 146 valence electrons. The average Bonchev–Trinajstić information content (AvgIpc) is 3.22. The van der Waals surface area contributed by atoms with Crippen molar-refractivity contribution in [2.24, 2.45) is 7.05 Å². The Labute approximate surface area is 166 Å². The Bertz CT molecular complexity index is 993. The summed E-state index contributed by atoms with van der Waals surface area (Å²) in [6, 6.07) is 8.79. The summed E-state index contributed by atoms with van der Waals surface area (Å²) in [5.41, 5.74) is 2.20. The molecular weight excluding hydrogens is 378 g/mol. The van der Waals surface area contributed by atoms with Crippen molar-refractivity contribution >= 4 is 35.0 Å². The van der Waals surface area contributed by atoms with Crippen LogP contribution >= 0.6 is 11.8 Å². The van der Waals surface area contributed by atoms with E-state index in [2.05, 4.69) is 20.8 Å². The number of nitrogens with one attached hydrogen (secondary N) is 2. The number of aromatic nitrogens is 3. The van der Waals surface area contributed by atoms with Gasteiger partial charge < -0.3 is 19.6 Å². The monoisotopic (exact) mass is 399 g/mol. The van der Waals surface area contributed by atoms with Crippen LogP contribution in [-0.2, 0) is 16.6 Å². The number of hydrogen-bond acceptors (Lipinski definition) is 6. The Morgan fingerprint density at radius 3 is 2.32 bits per heavy atom. The normalized spacial score (nSPS) is 11.9. The fourth-order valence-electron chi connectivity index (χ4n) is 2.56. The molecule has 1 atom stereocenters. The lowest BCUT2D eigenvalue weighted by Gasteiger charge is -2.12. The third-order valence-electron chi connectivity index (χ3n) is 4.06. The second-order valence-electron chi connectivity index (χ2n) is 6.26. The summed E-state index contributed by atoms with van der Waals surface area (Å²) in [6.07, 6.45) is 1.61. The number of furan rings is 1. The molecular formula is C19H21N5O3S. The van der Waals surface area contributed by atoms with Gasteiger partial charge in [0.1, 0.15) is 5.76 Å². The van der Waals surface area contributed by atoms with Gasteiger partial charge in [-0.2, -0.15) is 0 Å². The molecule has 2 aromatic heterocycles. The molecule has 0 fully saturated rings. The second-order valence-corrected chi connectivity index (χ2v) is 7.57. The van der Waals surface area contributed by atoms with Crippen LogP contribution in [0.25, 0.3) is 11.4 Å². The zero-order valence-corrected chi connectivity index (χ0v) is 16.8. The van der Waals surface area contributed by atoms with Gasteiger partial charge >= 0.3 is 0 Å². The van der Waals surface area contributed by atoms with Crippen LogP contribution in [0.4, 0.5) is 11.4 Å². The maximum Gasteiger partial charge on any atom is 0.237 e. The van der Waals surface area contributed by atoms with Crippen molar-refractivity contribution in [1.82, 2.24) is 14.8 Å². The van der Waals surface area contributed by atoms with Crippen LogP contribution in [-0.4, -0.2) is 31.8 Å². The molecule has 2 N–H and O–H groups in total. The zero-order valence-electron chi connectivity index (χ0n) is 16.0. The van der Waals surface area contributed by atoms with Gasteiger partial charge in [0.2, 0.25) is 11.8 Å². The molecule has 2 heterocycles. The number of nitrogens with zero attached hydrogens (tertiary/aromatic N) is 3. The van der Waals surface area contributed by atoms with Gasteiger partial charge in [-0.25, -0.2) is 0 Å². The highest BCUT2D eigenvalue weighted by Gasteiger charge is 2.20. The smallest absolute Gasteiger partial charge is 0.237 e. The third-order valence-corrected chi connectivity index (χ3v) is 5.19. The van der Waals surface area contributed by atoms with Crippen LogP contribution in [0.2, 0.25) is 0 Å². The predicted molar refractivity (Wildman–Crippen MR) is 108 cm³/mol. The first kappa shape index (κ1) is 19.7. The standard InChI is InChI=1S/C19H21N5O3S/c1-11-16(9-10-27-11)17-22-23-19(24(17)4)28-12(2)18(26)21-15-7-5-14(6-8-15)20-13(3)25/h5-10,12H,1-4H3,(H,20,25)(H,21,26)/t12-/m0/s1. The highest BCUT2D eigenvalue weighted by Crippen LogP contribution is 2.28. The number of carbonyl (C=O) groups is 2. The lowest BCUT2D eigenvalue weighted by molar-refractivity contribution is -0.115. The molecule has 0 aliphatic rings. The summed E-state index contributed by atoms with van der Waals surface area (Å²) < 4.78 is 7.17. The topological polar surface area (TPSA) is 102 Å². The molecule has 0 unspecified atom stereocenters. The minimum atomic E-state index is -0.379. The van der Waals surface area contributed by atoms with Crippen molar-refractivity contribution < 1.29 is 14.0 Å². The fraction of sp³-hybridized carbons (Fsp3) is 0.263. The van der Waals surface area contributed by atoms with E-state index in [0.717, 1.165) is 11.3 Å².